The summed E-state index contributed by atoms with van der Waals surface area (Å²) in [6, 6.07) is 14.7. The van der Waals surface area contributed by atoms with E-state index in [1.54, 1.807) is 19.2 Å². The third-order valence-electron chi connectivity index (χ3n) is 4.37. The lowest BCUT2D eigenvalue weighted by atomic mass is 10.2. The highest BCUT2D eigenvalue weighted by atomic mass is 127. The monoisotopic (exact) mass is 481 g/mol. The zero-order chi connectivity index (χ0) is 18.5. The molecule has 3 aromatic rings. The van der Waals surface area contributed by atoms with Crippen LogP contribution in [0, 0.1) is 12.7 Å². The SMILES string of the molecule is CN=C(NCCn1c(C)nc2ccccc21)N(C)Cc1ccc(F)cc1.I. The summed E-state index contributed by atoms with van der Waals surface area (Å²) in [5.41, 5.74) is 3.19. The Kier molecular flexibility index (Phi) is 7.58. The maximum absolute atomic E-state index is 13.0. The first kappa shape index (κ1) is 21.1. The van der Waals surface area contributed by atoms with E-state index in [-0.39, 0.29) is 29.8 Å². The molecule has 1 aromatic heterocycles. The van der Waals surface area contributed by atoms with Crippen molar-refractivity contribution in [3.63, 3.8) is 0 Å². The van der Waals surface area contributed by atoms with Crippen LogP contribution in [0.3, 0.4) is 0 Å². The van der Waals surface area contributed by atoms with Crippen molar-refractivity contribution in [3.8, 4) is 0 Å². The number of para-hydroxylation sites is 2. The Morgan fingerprint density at radius 1 is 1.19 bits per heavy atom. The van der Waals surface area contributed by atoms with Gasteiger partial charge in [-0.2, -0.15) is 0 Å². The molecule has 0 unspecified atom stereocenters. The van der Waals surface area contributed by atoms with Crippen molar-refractivity contribution < 1.29 is 4.39 Å². The average molecular weight is 481 g/mol. The molecule has 0 aliphatic heterocycles. The van der Waals surface area contributed by atoms with Crippen LogP contribution in [0.1, 0.15) is 11.4 Å². The number of aryl methyl sites for hydroxylation is 1. The first-order chi connectivity index (χ1) is 12.6. The second-order valence-electron chi connectivity index (χ2n) is 6.26. The lowest BCUT2D eigenvalue weighted by Crippen LogP contribution is -2.39. The van der Waals surface area contributed by atoms with Crippen molar-refractivity contribution in [1.82, 2.24) is 19.8 Å². The highest BCUT2D eigenvalue weighted by molar-refractivity contribution is 14.0. The molecular weight excluding hydrogens is 456 g/mol. The number of aliphatic imine (C=N–C) groups is 1. The summed E-state index contributed by atoms with van der Waals surface area (Å²) in [4.78, 5) is 11.0. The first-order valence-corrected chi connectivity index (χ1v) is 8.66. The number of benzene rings is 2. The van der Waals surface area contributed by atoms with E-state index in [0.29, 0.717) is 6.54 Å². The second kappa shape index (κ2) is 9.68. The molecule has 7 heteroatoms. The maximum Gasteiger partial charge on any atom is 0.193 e. The van der Waals surface area contributed by atoms with Gasteiger partial charge in [0.2, 0.25) is 0 Å². The molecule has 2 aromatic carbocycles. The van der Waals surface area contributed by atoms with E-state index in [1.165, 1.54) is 12.1 Å². The van der Waals surface area contributed by atoms with Crippen LogP contribution >= 0.6 is 24.0 Å². The number of nitrogens with zero attached hydrogens (tertiary/aromatic N) is 4. The van der Waals surface area contributed by atoms with Gasteiger partial charge >= 0.3 is 0 Å². The van der Waals surface area contributed by atoms with E-state index in [0.717, 1.165) is 41.5 Å². The zero-order valence-electron chi connectivity index (χ0n) is 15.8. The predicted octanol–water partition coefficient (Wildman–Crippen LogP) is 3.81. The normalized spacial score (nSPS) is 11.3. The molecule has 1 N–H and O–H groups in total. The number of hydrogen-bond donors (Lipinski definition) is 1. The molecule has 0 spiro atoms. The summed E-state index contributed by atoms with van der Waals surface area (Å²) in [5.74, 6) is 1.58. The van der Waals surface area contributed by atoms with E-state index in [4.69, 9.17) is 0 Å². The molecular formula is C20H25FIN5. The summed E-state index contributed by atoms with van der Waals surface area (Å²) >= 11 is 0. The molecule has 0 bridgehead atoms. The third-order valence-corrected chi connectivity index (χ3v) is 4.37. The number of fused-ring (bicyclic) bond motifs is 1. The van der Waals surface area contributed by atoms with Gasteiger partial charge in [0.15, 0.2) is 5.96 Å². The molecule has 0 atom stereocenters. The van der Waals surface area contributed by atoms with Crippen LogP contribution in [-0.4, -0.2) is 41.1 Å². The van der Waals surface area contributed by atoms with Gasteiger partial charge in [0.1, 0.15) is 11.6 Å². The van der Waals surface area contributed by atoms with Crippen molar-refractivity contribution in [2.24, 2.45) is 4.99 Å². The molecule has 1 heterocycles. The largest absolute Gasteiger partial charge is 0.354 e. The number of hydrogen-bond acceptors (Lipinski definition) is 2. The van der Waals surface area contributed by atoms with Gasteiger partial charge in [-0.3, -0.25) is 4.99 Å². The second-order valence-corrected chi connectivity index (χ2v) is 6.26. The van der Waals surface area contributed by atoms with Gasteiger partial charge in [-0.25, -0.2) is 9.37 Å². The Labute approximate surface area is 176 Å². The van der Waals surface area contributed by atoms with Crippen molar-refractivity contribution >= 4 is 41.0 Å². The van der Waals surface area contributed by atoms with Gasteiger partial charge in [0.25, 0.3) is 0 Å². The van der Waals surface area contributed by atoms with Crippen molar-refractivity contribution in [1.29, 1.82) is 0 Å². The molecule has 3 rings (SSSR count). The van der Waals surface area contributed by atoms with E-state index in [2.05, 4.69) is 25.9 Å². The lowest BCUT2D eigenvalue weighted by Gasteiger charge is -2.22. The highest BCUT2D eigenvalue weighted by Gasteiger charge is 2.09. The van der Waals surface area contributed by atoms with Crippen molar-refractivity contribution in [2.45, 2.75) is 20.0 Å². The van der Waals surface area contributed by atoms with Crippen LogP contribution in [0.5, 0.6) is 0 Å². The van der Waals surface area contributed by atoms with E-state index in [1.807, 2.05) is 37.1 Å². The minimum atomic E-state index is -0.221. The number of rotatable bonds is 5. The summed E-state index contributed by atoms with van der Waals surface area (Å²) in [5, 5.41) is 3.38. The summed E-state index contributed by atoms with van der Waals surface area (Å²) in [6.45, 7) is 4.22. The maximum atomic E-state index is 13.0. The Bertz CT molecular complexity index is 904. The smallest absolute Gasteiger partial charge is 0.193 e. The first-order valence-electron chi connectivity index (χ1n) is 8.66. The molecule has 0 saturated carbocycles. The standard InChI is InChI=1S/C20H24FN5.HI/c1-15-24-18-6-4-5-7-19(18)26(15)13-12-23-20(22-2)25(3)14-16-8-10-17(21)11-9-16;/h4-11H,12-14H2,1-3H3,(H,22,23);1H. The average Bonchev–Trinajstić information content (AvgIpc) is 2.96. The number of guanidine groups is 1. The predicted molar refractivity (Wildman–Crippen MR) is 119 cm³/mol. The van der Waals surface area contributed by atoms with Crippen LogP contribution in [0.15, 0.2) is 53.5 Å². The fourth-order valence-electron chi connectivity index (χ4n) is 3.08. The number of imidazole rings is 1. The van der Waals surface area contributed by atoms with E-state index < -0.39 is 0 Å². The molecule has 0 radical (unpaired) electrons. The molecule has 0 saturated heterocycles. The quantitative estimate of drug-likeness (QED) is 0.343. The van der Waals surface area contributed by atoms with E-state index >= 15 is 0 Å². The third kappa shape index (κ3) is 5.18. The van der Waals surface area contributed by atoms with Gasteiger partial charge in [-0.1, -0.05) is 24.3 Å². The van der Waals surface area contributed by atoms with Crippen LogP contribution in [0.25, 0.3) is 11.0 Å². The molecule has 0 fully saturated rings. The van der Waals surface area contributed by atoms with Crippen molar-refractivity contribution in [3.05, 3.63) is 65.7 Å². The molecule has 27 heavy (non-hydrogen) atoms. The molecule has 0 aliphatic rings. The molecule has 0 aliphatic carbocycles. The number of nitrogens with one attached hydrogen (secondary N) is 1. The Morgan fingerprint density at radius 3 is 2.59 bits per heavy atom. The minimum absolute atomic E-state index is 0. The molecule has 5 nitrogen and oxygen atoms in total. The Balaban J connectivity index is 0.00000261. The van der Waals surface area contributed by atoms with Crippen LogP contribution in [-0.2, 0) is 13.1 Å². The van der Waals surface area contributed by atoms with Gasteiger partial charge < -0.3 is 14.8 Å². The van der Waals surface area contributed by atoms with Gasteiger partial charge in [-0.05, 0) is 36.8 Å². The van der Waals surface area contributed by atoms with Crippen LogP contribution in [0.4, 0.5) is 4.39 Å². The summed E-state index contributed by atoms with van der Waals surface area (Å²) in [6.07, 6.45) is 0. The molecule has 144 valence electrons. The van der Waals surface area contributed by atoms with Gasteiger partial charge in [0.05, 0.1) is 11.0 Å². The van der Waals surface area contributed by atoms with Crippen LogP contribution in [0.2, 0.25) is 0 Å². The lowest BCUT2D eigenvalue weighted by molar-refractivity contribution is 0.473. The van der Waals surface area contributed by atoms with Crippen LogP contribution < -0.4 is 5.32 Å². The fraction of sp³-hybridized carbons (Fsp3) is 0.300. The Morgan fingerprint density at radius 2 is 1.89 bits per heavy atom. The number of aromatic nitrogens is 2. The fourth-order valence-corrected chi connectivity index (χ4v) is 3.08. The van der Waals surface area contributed by atoms with Gasteiger partial charge in [-0.15, -0.1) is 24.0 Å². The van der Waals surface area contributed by atoms with E-state index in [9.17, 15) is 4.39 Å². The minimum Gasteiger partial charge on any atom is -0.354 e. The molecule has 0 amide bonds. The summed E-state index contributed by atoms with van der Waals surface area (Å²) in [7, 11) is 3.73. The van der Waals surface area contributed by atoms with Gasteiger partial charge in [0, 0.05) is 33.7 Å². The zero-order valence-corrected chi connectivity index (χ0v) is 18.1. The summed E-state index contributed by atoms with van der Waals surface area (Å²) < 4.78 is 15.2. The topological polar surface area (TPSA) is 45.5 Å². The number of halogens is 2. The Hall–Kier alpha value is -2.16. The van der Waals surface area contributed by atoms with Crippen molar-refractivity contribution in [2.75, 3.05) is 20.6 Å². The highest BCUT2D eigenvalue weighted by Crippen LogP contribution is 2.14.